The maximum atomic E-state index is 13.3. The van der Waals surface area contributed by atoms with Crippen LogP contribution in [0.25, 0.3) is 0 Å². The minimum absolute atomic E-state index is 0.125. The zero-order chi connectivity index (χ0) is 15.3. The van der Waals surface area contributed by atoms with Crippen LogP contribution in [0.2, 0.25) is 0 Å². The fourth-order valence-corrected chi connectivity index (χ4v) is 3.96. The van der Waals surface area contributed by atoms with Crippen molar-refractivity contribution in [2.45, 2.75) is 71.8 Å². The molecule has 1 aromatic rings. The van der Waals surface area contributed by atoms with Crippen molar-refractivity contribution >= 4 is 0 Å². The van der Waals surface area contributed by atoms with E-state index in [0.29, 0.717) is 11.5 Å². The molecule has 21 heavy (non-hydrogen) atoms. The van der Waals surface area contributed by atoms with Crippen molar-refractivity contribution in [1.29, 1.82) is 0 Å². The summed E-state index contributed by atoms with van der Waals surface area (Å²) in [5, 5.41) is 3.80. The van der Waals surface area contributed by atoms with Crippen LogP contribution in [0, 0.1) is 18.2 Å². The van der Waals surface area contributed by atoms with E-state index in [2.05, 4.69) is 19.2 Å². The van der Waals surface area contributed by atoms with Crippen molar-refractivity contribution < 1.29 is 4.39 Å². The summed E-state index contributed by atoms with van der Waals surface area (Å²) in [5.74, 6) is -0.125. The van der Waals surface area contributed by atoms with Gasteiger partial charge in [-0.05, 0) is 74.2 Å². The average molecular weight is 291 g/mol. The maximum Gasteiger partial charge on any atom is 0.123 e. The van der Waals surface area contributed by atoms with E-state index < -0.39 is 0 Å². The van der Waals surface area contributed by atoms with E-state index in [1.807, 2.05) is 13.0 Å². The Labute approximate surface area is 129 Å². The van der Waals surface area contributed by atoms with Crippen LogP contribution in [0.4, 0.5) is 4.39 Å². The van der Waals surface area contributed by atoms with Crippen molar-refractivity contribution in [2.24, 2.45) is 5.41 Å². The number of hydrogen-bond donors (Lipinski definition) is 1. The van der Waals surface area contributed by atoms with Crippen molar-refractivity contribution in [2.75, 3.05) is 6.54 Å². The first-order valence-corrected chi connectivity index (χ1v) is 8.59. The SMILES string of the molecule is CCCNC(Cc1ccc(F)cc1C)C1(CC)CCCC1. The highest BCUT2D eigenvalue weighted by Gasteiger charge is 2.39. The summed E-state index contributed by atoms with van der Waals surface area (Å²) in [6.45, 7) is 7.67. The molecule has 118 valence electrons. The van der Waals surface area contributed by atoms with E-state index in [4.69, 9.17) is 0 Å². The van der Waals surface area contributed by atoms with E-state index in [0.717, 1.165) is 18.5 Å². The predicted octanol–water partition coefficient (Wildman–Crippen LogP) is 5.02. The molecule has 1 unspecified atom stereocenters. The highest BCUT2D eigenvalue weighted by Crippen LogP contribution is 2.45. The molecule has 0 amide bonds. The monoisotopic (exact) mass is 291 g/mol. The second-order valence-corrected chi connectivity index (χ2v) is 6.70. The number of benzene rings is 1. The Morgan fingerprint density at radius 2 is 1.95 bits per heavy atom. The number of nitrogens with one attached hydrogen (secondary N) is 1. The van der Waals surface area contributed by atoms with Gasteiger partial charge in [-0.2, -0.15) is 0 Å². The number of rotatable bonds is 7. The van der Waals surface area contributed by atoms with Gasteiger partial charge in [-0.1, -0.05) is 32.8 Å². The molecule has 0 radical (unpaired) electrons. The van der Waals surface area contributed by atoms with E-state index >= 15 is 0 Å². The molecule has 1 atom stereocenters. The van der Waals surface area contributed by atoms with Crippen molar-refractivity contribution in [3.63, 3.8) is 0 Å². The highest BCUT2D eigenvalue weighted by atomic mass is 19.1. The van der Waals surface area contributed by atoms with Gasteiger partial charge < -0.3 is 5.32 Å². The molecule has 1 aromatic carbocycles. The molecule has 0 bridgehead atoms. The molecule has 0 aromatic heterocycles. The third-order valence-corrected chi connectivity index (χ3v) is 5.41. The van der Waals surface area contributed by atoms with Crippen LogP contribution < -0.4 is 5.32 Å². The van der Waals surface area contributed by atoms with Crippen LogP contribution >= 0.6 is 0 Å². The number of hydrogen-bond acceptors (Lipinski definition) is 1. The van der Waals surface area contributed by atoms with Crippen LogP contribution in [0.1, 0.15) is 63.5 Å². The zero-order valence-corrected chi connectivity index (χ0v) is 13.8. The molecule has 1 saturated carbocycles. The molecule has 2 rings (SSSR count). The fourth-order valence-electron chi connectivity index (χ4n) is 3.96. The predicted molar refractivity (Wildman–Crippen MR) is 88.1 cm³/mol. The lowest BCUT2D eigenvalue weighted by molar-refractivity contribution is 0.184. The average Bonchev–Trinajstić information content (AvgIpc) is 2.95. The summed E-state index contributed by atoms with van der Waals surface area (Å²) in [6.07, 6.45) is 8.84. The quantitative estimate of drug-likeness (QED) is 0.744. The molecule has 2 heteroatoms. The Kier molecular flexibility index (Phi) is 5.80. The van der Waals surface area contributed by atoms with Crippen LogP contribution in [0.5, 0.6) is 0 Å². The van der Waals surface area contributed by atoms with Gasteiger partial charge in [-0.3, -0.25) is 0 Å². The second-order valence-electron chi connectivity index (χ2n) is 6.70. The van der Waals surface area contributed by atoms with Gasteiger partial charge in [0.15, 0.2) is 0 Å². The molecule has 0 spiro atoms. The van der Waals surface area contributed by atoms with Gasteiger partial charge >= 0.3 is 0 Å². The van der Waals surface area contributed by atoms with E-state index in [1.54, 1.807) is 12.1 Å². The summed E-state index contributed by atoms with van der Waals surface area (Å²) < 4.78 is 13.3. The molecule has 1 aliphatic carbocycles. The minimum atomic E-state index is -0.125. The van der Waals surface area contributed by atoms with Gasteiger partial charge in [-0.15, -0.1) is 0 Å². The Morgan fingerprint density at radius 3 is 2.52 bits per heavy atom. The Morgan fingerprint density at radius 1 is 1.24 bits per heavy atom. The Hall–Kier alpha value is -0.890. The van der Waals surface area contributed by atoms with Crippen LogP contribution in [-0.4, -0.2) is 12.6 Å². The molecule has 1 N–H and O–H groups in total. The highest BCUT2D eigenvalue weighted by molar-refractivity contribution is 5.28. The Bertz CT molecular complexity index is 449. The molecule has 0 heterocycles. The summed E-state index contributed by atoms with van der Waals surface area (Å²) in [7, 11) is 0. The van der Waals surface area contributed by atoms with Crippen LogP contribution in [0.15, 0.2) is 18.2 Å². The third kappa shape index (κ3) is 3.85. The first-order valence-electron chi connectivity index (χ1n) is 8.59. The van der Waals surface area contributed by atoms with Crippen molar-refractivity contribution in [3.05, 3.63) is 35.1 Å². The largest absolute Gasteiger partial charge is 0.313 e. The third-order valence-electron chi connectivity index (χ3n) is 5.41. The standard InChI is InChI=1S/C19H30FN/c1-4-12-21-18(19(5-2)10-6-7-11-19)14-16-8-9-17(20)13-15(16)3/h8-9,13,18,21H,4-7,10-12,14H2,1-3H3. The fraction of sp³-hybridized carbons (Fsp3) is 0.684. The summed E-state index contributed by atoms with van der Waals surface area (Å²) >= 11 is 0. The molecular formula is C19H30FN. The maximum absolute atomic E-state index is 13.3. The van der Waals surface area contributed by atoms with E-state index in [1.165, 1.54) is 44.1 Å². The Balaban J connectivity index is 2.19. The molecule has 0 aliphatic heterocycles. The van der Waals surface area contributed by atoms with Crippen molar-refractivity contribution in [3.8, 4) is 0 Å². The van der Waals surface area contributed by atoms with E-state index in [9.17, 15) is 4.39 Å². The minimum Gasteiger partial charge on any atom is -0.313 e. The number of aryl methyl sites for hydroxylation is 1. The van der Waals surface area contributed by atoms with Crippen LogP contribution in [-0.2, 0) is 6.42 Å². The van der Waals surface area contributed by atoms with Gasteiger partial charge in [0.25, 0.3) is 0 Å². The van der Waals surface area contributed by atoms with Gasteiger partial charge in [0, 0.05) is 6.04 Å². The molecule has 0 saturated heterocycles. The van der Waals surface area contributed by atoms with Crippen LogP contribution in [0.3, 0.4) is 0 Å². The lowest BCUT2D eigenvalue weighted by Crippen LogP contribution is -2.45. The normalized spacial score (nSPS) is 18.9. The summed E-state index contributed by atoms with van der Waals surface area (Å²) in [4.78, 5) is 0. The molecule has 1 fully saturated rings. The molecular weight excluding hydrogens is 261 g/mol. The number of halogens is 1. The lowest BCUT2D eigenvalue weighted by atomic mass is 9.73. The van der Waals surface area contributed by atoms with Crippen molar-refractivity contribution in [1.82, 2.24) is 5.32 Å². The summed E-state index contributed by atoms with van der Waals surface area (Å²) in [6, 6.07) is 5.77. The smallest absolute Gasteiger partial charge is 0.123 e. The lowest BCUT2D eigenvalue weighted by Gasteiger charge is -2.38. The molecule has 1 nitrogen and oxygen atoms in total. The van der Waals surface area contributed by atoms with Gasteiger partial charge in [0.2, 0.25) is 0 Å². The molecule has 1 aliphatic rings. The van der Waals surface area contributed by atoms with Gasteiger partial charge in [0.1, 0.15) is 5.82 Å². The summed E-state index contributed by atoms with van der Waals surface area (Å²) in [5.41, 5.74) is 2.82. The zero-order valence-electron chi connectivity index (χ0n) is 13.8. The first-order chi connectivity index (χ1) is 10.1. The second kappa shape index (κ2) is 7.40. The van der Waals surface area contributed by atoms with Gasteiger partial charge in [-0.25, -0.2) is 4.39 Å². The first kappa shape index (κ1) is 16.5. The van der Waals surface area contributed by atoms with E-state index in [-0.39, 0.29) is 5.82 Å². The topological polar surface area (TPSA) is 12.0 Å². The van der Waals surface area contributed by atoms with Gasteiger partial charge in [0.05, 0.1) is 0 Å².